The third-order valence-corrected chi connectivity index (χ3v) is 8.98. The number of ether oxygens (including phenoxy) is 1. The molecule has 0 aromatic rings. The van der Waals surface area contributed by atoms with Crippen LogP contribution in [-0.2, 0) is 9.53 Å². The molecule has 0 radical (unpaired) electrons. The van der Waals surface area contributed by atoms with Gasteiger partial charge in [-0.3, -0.25) is 0 Å². The number of esters is 1. The molecule has 3 nitrogen and oxygen atoms in total. The van der Waals surface area contributed by atoms with E-state index in [4.69, 9.17) is 4.74 Å². The fraction of sp³-hybridized carbons (Fsp3) is 0.696. The van der Waals surface area contributed by atoms with Crippen molar-refractivity contribution in [2.24, 2.45) is 28.6 Å². The van der Waals surface area contributed by atoms with Crippen LogP contribution in [0.1, 0.15) is 58.8 Å². The van der Waals surface area contributed by atoms with E-state index in [0.717, 1.165) is 37.7 Å². The molecule has 140 valence electrons. The summed E-state index contributed by atoms with van der Waals surface area (Å²) in [5.41, 5.74) is 2.08. The lowest BCUT2D eigenvalue weighted by molar-refractivity contribution is -0.173. The van der Waals surface area contributed by atoms with Gasteiger partial charge in [-0.25, -0.2) is 4.79 Å². The first kappa shape index (κ1) is 16.8. The summed E-state index contributed by atoms with van der Waals surface area (Å²) in [5, 5.41) is 12.1. The number of rotatable bonds is 1. The number of fused-ring (bicyclic) bond motifs is 5. The number of carbonyl (C=O) groups excluding carboxylic acids is 1. The molecule has 1 aliphatic heterocycles. The Kier molecular flexibility index (Phi) is 3.45. The normalized spacial score (nSPS) is 49.7. The molecule has 0 aromatic carbocycles. The minimum absolute atomic E-state index is 0.139. The second-order valence-electron chi connectivity index (χ2n) is 9.77. The molecule has 5 rings (SSSR count). The molecule has 0 unspecified atom stereocenters. The minimum Gasteiger partial charge on any atom is -0.458 e. The topological polar surface area (TPSA) is 46.5 Å². The zero-order chi connectivity index (χ0) is 18.2. The highest BCUT2D eigenvalue weighted by Gasteiger charge is 2.66. The summed E-state index contributed by atoms with van der Waals surface area (Å²) >= 11 is 0. The van der Waals surface area contributed by atoms with Crippen molar-refractivity contribution < 1.29 is 14.6 Å². The van der Waals surface area contributed by atoms with E-state index in [0.29, 0.717) is 18.4 Å². The third-order valence-electron chi connectivity index (χ3n) is 8.98. The molecule has 2 saturated carbocycles. The van der Waals surface area contributed by atoms with Crippen molar-refractivity contribution >= 4 is 5.97 Å². The SMILES string of the molecule is C[C@@]12CC[C@H]3[C@@H](CC=C4C=CCC[C@]43C)[C@]1(O)CC[C@H]2C1=CC(=O)OC1. The Morgan fingerprint density at radius 2 is 2.00 bits per heavy atom. The molecule has 0 amide bonds. The van der Waals surface area contributed by atoms with Gasteiger partial charge in [0.2, 0.25) is 0 Å². The van der Waals surface area contributed by atoms with Crippen molar-refractivity contribution in [2.45, 2.75) is 64.4 Å². The van der Waals surface area contributed by atoms with Crippen LogP contribution in [-0.4, -0.2) is 23.3 Å². The van der Waals surface area contributed by atoms with E-state index in [1.807, 2.05) is 0 Å². The molecule has 0 saturated heterocycles. The second kappa shape index (κ2) is 5.34. The highest BCUT2D eigenvalue weighted by atomic mass is 16.5. The van der Waals surface area contributed by atoms with Crippen molar-refractivity contribution in [1.29, 1.82) is 0 Å². The average molecular weight is 354 g/mol. The van der Waals surface area contributed by atoms with Gasteiger partial charge in [-0.15, -0.1) is 0 Å². The molecular weight excluding hydrogens is 324 g/mol. The van der Waals surface area contributed by atoms with Gasteiger partial charge in [-0.1, -0.05) is 32.1 Å². The summed E-state index contributed by atoms with van der Waals surface area (Å²) in [7, 11) is 0. The van der Waals surface area contributed by atoms with Gasteiger partial charge in [0.15, 0.2) is 0 Å². The molecule has 0 aromatic heterocycles. The Hall–Kier alpha value is -1.35. The summed E-state index contributed by atoms with van der Waals surface area (Å²) in [6.07, 6.45) is 16.2. The third kappa shape index (κ3) is 1.96. The Labute approximate surface area is 156 Å². The summed E-state index contributed by atoms with van der Waals surface area (Å²) in [6.45, 7) is 5.15. The van der Waals surface area contributed by atoms with Crippen LogP contribution in [0, 0.1) is 28.6 Å². The predicted molar refractivity (Wildman–Crippen MR) is 100 cm³/mol. The first-order chi connectivity index (χ1) is 12.4. The zero-order valence-electron chi connectivity index (χ0n) is 16.0. The van der Waals surface area contributed by atoms with Crippen LogP contribution < -0.4 is 0 Å². The number of hydrogen-bond acceptors (Lipinski definition) is 3. The molecule has 1 N–H and O–H groups in total. The van der Waals surface area contributed by atoms with Gasteiger partial charge >= 0.3 is 5.97 Å². The Morgan fingerprint density at radius 3 is 2.77 bits per heavy atom. The van der Waals surface area contributed by atoms with Gasteiger partial charge in [0.25, 0.3) is 0 Å². The maximum atomic E-state index is 12.1. The molecule has 1 heterocycles. The predicted octanol–water partition coefficient (Wildman–Crippen LogP) is 4.33. The average Bonchev–Trinajstić information content (AvgIpc) is 3.15. The molecule has 3 heteroatoms. The molecular formula is C23H30O3. The van der Waals surface area contributed by atoms with Crippen molar-refractivity contribution in [3.63, 3.8) is 0 Å². The Morgan fingerprint density at radius 1 is 1.15 bits per heavy atom. The van der Waals surface area contributed by atoms with Crippen LogP contribution in [0.2, 0.25) is 0 Å². The van der Waals surface area contributed by atoms with Crippen molar-refractivity contribution in [3.8, 4) is 0 Å². The van der Waals surface area contributed by atoms with Crippen molar-refractivity contribution in [2.75, 3.05) is 6.61 Å². The van der Waals surface area contributed by atoms with Crippen LogP contribution in [0.25, 0.3) is 0 Å². The van der Waals surface area contributed by atoms with Crippen LogP contribution in [0.5, 0.6) is 0 Å². The Balaban J connectivity index is 1.53. The van der Waals surface area contributed by atoms with E-state index in [1.54, 1.807) is 6.08 Å². The van der Waals surface area contributed by atoms with E-state index >= 15 is 0 Å². The zero-order valence-corrected chi connectivity index (χ0v) is 16.0. The summed E-state index contributed by atoms with van der Waals surface area (Å²) in [5.74, 6) is 0.980. The number of carbonyl (C=O) groups is 1. The largest absolute Gasteiger partial charge is 0.458 e. The highest BCUT2D eigenvalue weighted by molar-refractivity contribution is 5.85. The maximum absolute atomic E-state index is 12.1. The Bertz CT molecular complexity index is 747. The fourth-order valence-corrected chi connectivity index (χ4v) is 7.45. The lowest BCUT2D eigenvalue weighted by Crippen LogP contribution is -2.60. The number of aliphatic hydroxyl groups is 1. The minimum atomic E-state index is -0.626. The molecule has 0 spiro atoms. The van der Waals surface area contributed by atoms with Crippen LogP contribution >= 0.6 is 0 Å². The molecule has 2 fully saturated rings. The number of hydrogen-bond donors (Lipinski definition) is 1. The lowest BCUT2D eigenvalue weighted by Gasteiger charge is -2.60. The first-order valence-electron chi connectivity index (χ1n) is 10.4. The summed E-state index contributed by atoms with van der Waals surface area (Å²) in [6, 6.07) is 0. The second-order valence-corrected chi connectivity index (χ2v) is 9.77. The standard InChI is InChI=1S/C23H30O3/c1-21-10-4-3-5-16(21)6-7-19-18(21)8-11-22(2)17(9-12-23(19,22)25)15-13-20(24)26-14-15/h3,5-6,13,17-19,25H,4,7-12,14H2,1-2H3/t17-,18-,19+,21+,22-,23+/m0/s1. The van der Waals surface area contributed by atoms with Gasteiger partial charge in [-0.2, -0.15) is 0 Å². The summed E-state index contributed by atoms with van der Waals surface area (Å²) in [4.78, 5) is 11.6. The fourth-order valence-electron chi connectivity index (χ4n) is 7.45. The van der Waals surface area contributed by atoms with Crippen molar-refractivity contribution in [3.05, 3.63) is 35.5 Å². The molecule has 4 aliphatic carbocycles. The maximum Gasteiger partial charge on any atom is 0.331 e. The van der Waals surface area contributed by atoms with E-state index in [9.17, 15) is 9.90 Å². The molecule has 26 heavy (non-hydrogen) atoms. The van der Waals surface area contributed by atoms with Crippen LogP contribution in [0.4, 0.5) is 0 Å². The number of cyclic esters (lactones) is 1. The lowest BCUT2D eigenvalue weighted by atomic mass is 9.46. The van der Waals surface area contributed by atoms with Gasteiger partial charge < -0.3 is 9.84 Å². The van der Waals surface area contributed by atoms with Gasteiger partial charge in [0.1, 0.15) is 6.61 Å². The molecule has 6 atom stereocenters. The quantitative estimate of drug-likeness (QED) is 0.713. The van der Waals surface area contributed by atoms with E-state index < -0.39 is 5.60 Å². The van der Waals surface area contributed by atoms with E-state index in [2.05, 4.69) is 32.1 Å². The highest BCUT2D eigenvalue weighted by Crippen LogP contribution is 2.68. The summed E-state index contributed by atoms with van der Waals surface area (Å²) < 4.78 is 5.20. The smallest absolute Gasteiger partial charge is 0.331 e. The molecule has 0 bridgehead atoms. The van der Waals surface area contributed by atoms with E-state index in [1.165, 1.54) is 18.4 Å². The number of allylic oxidation sites excluding steroid dienone is 4. The van der Waals surface area contributed by atoms with E-state index in [-0.39, 0.29) is 22.7 Å². The monoisotopic (exact) mass is 354 g/mol. The van der Waals surface area contributed by atoms with Crippen LogP contribution in [0.15, 0.2) is 35.5 Å². The van der Waals surface area contributed by atoms with Gasteiger partial charge in [0, 0.05) is 11.5 Å². The first-order valence-corrected chi connectivity index (χ1v) is 10.4. The van der Waals surface area contributed by atoms with Crippen LogP contribution in [0.3, 0.4) is 0 Å². The van der Waals surface area contributed by atoms with Crippen molar-refractivity contribution in [1.82, 2.24) is 0 Å². The molecule has 5 aliphatic rings. The van der Waals surface area contributed by atoms with Gasteiger partial charge in [0.05, 0.1) is 5.60 Å². The van der Waals surface area contributed by atoms with Gasteiger partial charge in [-0.05, 0) is 79.3 Å².